The second-order valence-electron chi connectivity index (χ2n) is 7.98. The van der Waals surface area contributed by atoms with Crippen LogP contribution in [0.4, 0.5) is 5.95 Å². The fraction of sp³-hybridized carbons (Fsp3) is 0.240. The number of benzene rings is 2. The van der Waals surface area contributed by atoms with Gasteiger partial charge in [-0.05, 0) is 17.7 Å². The first kappa shape index (κ1) is 20.4. The summed E-state index contributed by atoms with van der Waals surface area (Å²) in [5.74, 6) is 0.434. The number of carbonyl (C=O) groups is 1. The topological polar surface area (TPSA) is 85.4 Å². The summed E-state index contributed by atoms with van der Waals surface area (Å²) >= 11 is 0. The number of aliphatic hydroxyl groups is 1. The number of Topliss-reactive ketones (excluding diaryl/α,β-unsaturated/α-hetero) is 1. The van der Waals surface area contributed by atoms with Gasteiger partial charge >= 0.3 is 0 Å². The van der Waals surface area contributed by atoms with Gasteiger partial charge in [0.2, 0.25) is 5.95 Å². The van der Waals surface area contributed by atoms with Gasteiger partial charge < -0.3 is 15.0 Å². The summed E-state index contributed by atoms with van der Waals surface area (Å²) in [6.07, 6.45) is 4.00. The first-order valence-corrected chi connectivity index (χ1v) is 10.8. The molecule has 32 heavy (non-hydrogen) atoms. The summed E-state index contributed by atoms with van der Waals surface area (Å²) in [6.45, 7) is 2.83. The molecule has 1 fully saturated rings. The maximum atomic E-state index is 13.4. The molecule has 0 bridgehead atoms. The molecule has 2 aromatic heterocycles. The summed E-state index contributed by atoms with van der Waals surface area (Å²) in [4.78, 5) is 29.6. The normalized spacial score (nSPS) is 16.7. The van der Waals surface area contributed by atoms with E-state index in [-0.39, 0.29) is 5.78 Å². The largest absolute Gasteiger partial charge is 0.383 e. The van der Waals surface area contributed by atoms with Crippen molar-refractivity contribution in [1.82, 2.24) is 19.9 Å². The number of aromatic nitrogens is 3. The molecule has 0 saturated carbocycles. The predicted molar refractivity (Wildman–Crippen MR) is 124 cm³/mol. The summed E-state index contributed by atoms with van der Waals surface area (Å²) in [7, 11) is 0. The SMILES string of the molecule is O=C(c1c[nH]c2ccccc12)[C@@H](O)[C@H](c1ccccc1)N1CCN(c2ncccn2)CC1. The number of hydrogen-bond donors (Lipinski definition) is 2. The van der Waals surface area contributed by atoms with E-state index in [0.29, 0.717) is 24.6 Å². The van der Waals surface area contributed by atoms with Gasteiger partial charge in [-0.2, -0.15) is 0 Å². The lowest BCUT2D eigenvalue weighted by Gasteiger charge is -2.40. The van der Waals surface area contributed by atoms with Crippen molar-refractivity contribution in [3.05, 3.63) is 90.4 Å². The van der Waals surface area contributed by atoms with Crippen LogP contribution in [0.1, 0.15) is 22.0 Å². The number of carbonyl (C=O) groups excluding carboxylic acids is 1. The molecular weight excluding hydrogens is 402 g/mol. The molecule has 7 nitrogen and oxygen atoms in total. The van der Waals surface area contributed by atoms with E-state index in [1.165, 1.54) is 0 Å². The van der Waals surface area contributed by atoms with E-state index in [9.17, 15) is 9.90 Å². The standard InChI is InChI=1S/C25H25N5O2/c31-23(20-17-28-21-10-5-4-9-19(20)21)24(32)22(18-7-2-1-3-8-18)29-13-15-30(16-14-29)25-26-11-6-12-27-25/h1-12,17,22,24,28,32H,13-16H2/t22-,24-/m0/s1. The maximum absolute atomic E-state index is 13.4. The van der Waals surface area contributed by atoms with Crippen molar-refractivity contribution >= 4 is 22.6 Å². The lowest BCUT2D eigenvalue weighted by Crippen LogP contribution is -2.51. The van der Waals surface area contributed by atoms with E-state index in [1.807, 2.05) is 54.6 Å². The number of aromatic amines is 1. The van der Waals surface area contributed by atoms with Crippen LogP contribution >= 0.6 is 0 Å². The van der Waals surface area contributed by atoms with Gasteiger partial charge in [-0.25, -0.2) is 9.97 Å². The zero-order valence-corrected chi connectivity index (χ0v) is 17.6. The van der Waals surface area contributed by atoms with E-state index < -0.39 is 12.1 Å². The molecular formula is C25H25N5O2. The highest BCUT2D eigenvalue weighted by molar-refractivity contribution is 6.10. The molecule has 1 saturated heterocycles. The van der Waals surface area contributed by atoms with Crippen LogP contribution < -0.4 is 4.90 Å². The number of para-hydroxylation sites is 1. The number of anilines is 1. The number of fused-ring (bicyclic) bond motifs is 1. The minimum absolute atomic E-state index is 0.273. The zero-order valence-electron chi connectivity index (χ0n) is 17.6. The van der Waals surface area contributed by atoms with Gasteiger partial charge in [-0.3, -0.25) is 9.69 Å². The second-order valence-corrected chi connectivity index (χ2v) is 7.98. The molecule has 1 aliphatic rings. The Balaban J connectivity index is 1.41. The first-order valence-electron chi connectivity index (χ1n) is 10.8. The molecule has 162 valence electrons. The Bertz CT molecular complexity index is 1190. The number of piperazine rings is 1. The van der Waals surface area contributed by atoms with Crippen LogP contribution in [-0.4, -0.2) is 63.0 Å². The Hall–Kier alpha value is -3.55. The van der Waals surface area contributed by atoms with E-state index in [2.05, 4.69) is 24.8 Å². The third-order valence-electron chi connectivity index (χ3n) is 6.11. The summed E-state index contributed by atoms with van der Waals surface area (Å²) in [6, 6.07) is 18.8. The number of hydrogen-bond acceptors (Lipinski definition) is 6. The highest BCUT2D eigenvalue weighted by Gasteiger charge is 2.35. The monoisotopic (exact) mass is 427 g/mol. The molecule has 2 atom stereocenters. The molecule has 3 heterocycles. The summed E-state index contributed by atoms with van der Waals surface area (Å²) in [5.41, 5.74) is 2.33. The van der Waals surface area contributed by atoms with Crippen LogP contribution in [0.15, 0.2) is 79.3 Å². The van der Waals surface area contributed by atoms with Crippen molar-refractivity contribution in [1.29, 1.82) is 0 Å². The Kier molecular flexibility index (Phi) is 5.66. The van der Waals surface area contributed by atoms with Crippen molar-refractivity contribution in [3.63, 3.8) is 0 Å². The highest BCUT2D eigenvalue weighted by atomic mass is 16.3. The number of rotatable bonds is 6. The van der Waals surface area contributed by atoms with Gasteiger partial charge in [-0.1, -0.05) is 48.5 Å². The molecule has 0 radical (unpaired) electrons. The predicted octanol–water partition coefficient (Wildman–Crippen LogP) is 3.07. The van der Waals surface area contributed by atoms with Gasteiger partial charge in [0.05, 0.1) is 6.04 Å². The molecule has 0 amide bonds. The number of aliphatic hydroxyl groups excluding tert-OH is 1. The van der Waals surface area contributed by atoms with Crippen LogP contribution in [-0.2, 0) is 0 Å². The summed E-state index contributed by atoms with van der Waals surface area (Å²) < 4.78 is 0. The first-order chi connectivity index (χ1) is 15.7. The van der Waals surface area contributed by atoms with Crippen molar-refractivity contribution < 1.29 is 9.90 Å². The number of ketones is 1. The zero-order chi connectivity index (χ0) is 21.9. The van der Waals surface area contributed by atoms with Crippen LogP contribution in [0, 0.1) is 0 Å². The Morgan fingerprint density at radius 2 is 1.59 bits per heavy atom. The minimum atomic E-state index is -1.18. The number of nitrogens with one attached hydrogen (secondary N) is 1. The molecule has 1 aliphatic heterocycles. The van der Waals surface area contributed by atoms with Crippen LogP contribution in [0.5, 0.6) is 0 Å². The Labute approximate surface area is 186 Å². The molecule has 0 spiro atoms. The van der Waals surface area contributed by atoms with Crippen LogP contribution in [0.3, 0.4) is 0 Å². The fourth-order valence-electron chi connectivity index (χ4n) is 4.48. The van der Waals surface area contributed by atoms with Crippen molar-refractivity contribution in [3.8, 4) is 0 Å². The van der Waals surface area contributed by atoms with Crippen molar-refractivity contribution in [2.45, 2.75) is 12.1 Å². The Morgan fingerprint density at radius 3 is 2.34 bits per heavy atom. The third-order valence-corrected chi connectivity index (χ3v) is 6.11. The van der Waals surface area contributed by atoms with Gasteiger partial charge in [0, 0.05) is 61.2 Å². The molecule has 5 rings (SSSR count). The number of nitrogens with zero attached hydrogens (tertiary/aromatic N) is 4. The van der Waals surface area contributed by atoms with E-state index >= 15 is 0 Å². The lowest BCUT2D eigenvalue weighted by atomic mass is 9.93. The molecule has 0 unspecified atom stereocenters. The quantitative estimate of drug-likeness (QED) is 0.460. The van der Waals surface area contributed by atoms with Crippen molar-refractivity contribution in [2.24, 2.45) is 0 Å². The minimum Gasteiger partial charge on any atom is -0.383 e. The highest BCUT2D eigenvalue weighted by Crippen LogP contribution is 2.30. The van der Waals surface area contributed by atoms with Gasteiger partial charge in [0.1, 0.15) is 6.10 Å². The van der Waals surface area contributed by atoms with E-state index in [0.717, 1.165) is 29.6 Å². The van der Waals surface area contributed by atoms with Gasteiger partial charge in [0.15, 0.2) is 5.78 Å². The summed E-state index contributed by atoms with van der Waals surface area (Å²) in [5, 5.41) is 12.2. The maximum Gasteiger partial charge on any atom is 0.225 e. The van der Waals surface area contributed by atoms with Crippen molar-refractivity contribution in [2.75, 3.05) is 31.1 Å². The fourth-order valence-corrected chi connectivity index (χ4v) is 4.48. The molecule has 7 heteroatoms. The molecule has 4 aromatic rings. The van der Waals surface area contributed by atoms with E-state index in [4.69, 9.17) is 0 Å². The van der Waals surface area contributed by atoms with Gasteiger partial charge in [0.25, 0.3) is 0 Å². The lowest BCUT2D eigenvalue weighted by molar-refractivity contribution is 0.0365. The van der Waals surface area contributed by atoms with Crippen LogP contribution in [0.2, 0.25) is 0 Å². The second kappa shape index (κ2) is 8.90. The average Bonchev–Trinajstić information content (AvgIpc) is 3.29. The third kappa shape index (κ3) is 3.88. The van der Waals surface area contributed by atoms with Crippen LogP contribution in [0.25, 0.3) is 10.9 Å². The van der Waals surface area contributed by atoms with E-state index in [1.54, 1.807) is 24.7 Å². The average molecular weight is 428 g/mol. The smallest absolute Gasteiger partial charge is 0.225 e. The Morgan fingerprint density at radius 1 is 0.906 bits per heavy atom. The number of H-pyrrole nitrogens is 1. The molecule has 0 aliphatic carbocycles. The molecule has 2 aromatic carbocycles. The molecule has 2 N–H and O–H groups in total. The van der Waals surface area contributed by atoms with Gasteiger partial charge in [-0.15, -0.1) is 0 Å².